The second-order valence-electron chi connectivity index (χ2n) is 4.43. The lowest BCUT2D eigenvalue weighted by atomic mass is 10.1. The molecule has 2 heterocycles. The van der Waals surface area contributed by atoms with Crippen LogP contribution in [0.4, 0.5) is 0 Å². The molecule has 0 bridgehead atoms. The molecule has 1 fully saturated rings. The molecule has 0 unspecified atom stereocenters. The Labute approximate surface area is 102 Å². The molecule has 1 aromatic rings. The summed E-state index contributed by atoms with van der Waals surface area (Å²) in [6.45, 7) is 2.97. The third kappa shape index (κ3) is 3.14. The SMILES string of the molecule is COc1nccnc1CN(C)[C@H]1CCCNC1. The molecule has 1 saturated heterocycles. The summed E-state index contributed by atoms with van der Waals surface area (Å²) in [5, 5.41) is 3.42. The first-order valence-electron chi connectivity index (χ1n) is 6.06. The Morgan fingerprint density at radius 3 is 3.00 bits per heavy atom. The van der Waals surface area contributed by atoms with Gasteiger partial charge in [-0.1, -0.05) is 0 Å². The highest BCUT2D eigenvalue weighted by molar-refractivity contribution is 5.16. The van der Waals surface area contributed by atoms with Crippen LogP contribution in [0.5, 0.6) is 5.88 Å². The van der Waals surface area contributed by atoms with Gasteiger partial charge in [0.05, 0.1) is 7.11 Å². The molecule has 1 aromatic heterocycles. The monoisotopic (exact) mass is 236 g/mol. The molecule has 0 amide bonds. The van der Waals surface area contributed by atoms with E-state index in [0.717, 1.165) is 25.3 Å². The van der Waals surface area contributed by atoms with Gasteiger partial charge < -0.3 is 10.1 Å². The number of rotatable bonds is 4. The van der Waals surface area contributed by atoms with Crippen LogP contribution < -0.4 is 10.1 Å². The Hall–Kier alpha value is -1.20. The first kappa shape index (κ1) is 12.3. The number of piperidine rings is 1. The van der Waals surface area contributed by atoms with Gasteiger partial charge in [-0.05, 0) is 26.4 Å². The molecule has 5 heteroatoms. The number of nitrogens with zero attached hydrogens (tertiary/aromatic N) is 3. The maximum absolute atomic E-state index is 5.22. The minimum atomic E-state index is 0.579. The number of hydrogen-bond donors (Lipinski definition) is 1. The largest absolute Gasteiger partial charge is 0.480 e. The molecule has 0 aliphatic carbocycles. The number of aromatic nitrogens is 2. The van der Waals surface area contributed by atoms with E-state index in [1.54, 1.807) is 19.5 Å². The van der Waals surface area contributed by atoms with Crippen LogP contribution in [-0.2, 0) is 6.54 Å². The summed E-state index contributed by atoms with van der Waals surface area (Å²) in [7, 11) is 3.77. The van der Waals surface area contributed by atoms with E-state index in [0.29, 0.717) is 11.9 Å². The van der Waals surface area contributed by atoms with Crippen LogP contribution >= 0.6 is 0 Å². The lowest BCUT2D eigenvalue weighted by Crippen LogP contribution is -2.43. The van der Waals surface area contributed by atoms with Crippen molar-refractivity contribution < 1.29 is 4.74 Å². The normalized spacial score (nSPS) is 20.5. The molecule has 5 nitrogen and oxygen atoms in total. The van der Waals surface area contributed by atoms with Crippen molar-refractivity contribution in [3.05, 3.63) is 18.1 Å². The van der Waals surface area contributed by atoms with Crippen LogP contribution in [0.3, 0.4) is 0 Å². The van der Waals surface area contributed by atoms with Gasteiger partial charge in [0.15, 0.2) is 0 Å². The molecule has 1 N–H and O–H groups in total. The maximum Gasteiger partial charge on any atom is 0.236 e. The molecule has 2 rings (SSSR count). The third-order valence-electron chi connectivity index (χ3n) is 3.22. The predicted octanol–water partition coefficient (Wildman–Crippen LogP) is 0.669. The standard InChI is InChI=1S/C12H20N4O/c1-16(10-4-3-5-13-8-10)9-11-12(17-2)15-7-6-14-11/h6-7,10,13H,3-5,8-9H2,1-2H3/t10-/m0/s1. The highest BCUT2D eigenvalue weighted by Crippen LogP contribution is 2.16. The van der Waals surface area contributed by atoms with E-state index < -0.39 is 0 Å². The van der Waals surface area contributed by atoms with Crippen LogP contribution in [0.15, 0.2) is 12.4 Å². The molecular weight excluding hydrogens is 216 g/mol. The molecule has 0 aromatic carbocycles. The van der Waals surface area contributed by atoms with E-state index in [4.69, 9.17) is 4.74 Å². The maximum atomic E-state index is 5.22. The van der Waals surface area contributed by atoms with Crippen LogP contribution in [0, 0.1) is 0 Å². The van der Waals surface area contributed by atoms with Crippen LogP contribution in [0.1, 0.15) is 18.5 Å². The molecule has 1 aliphatic heterocycles. The summed E-state index contributed by atoms with van der Waals surface area (Å²) in [4.78, 5) is 10.8. The van der Waals surface area contributed by atoms with E-state index >= 15 is 0 Å². The van der Waals surface area contributed by atoms with Crippen molar-refractivity contribution in [3.63, 3.8) is 0 Å². The average Bonchev–Trinajstić information content (AvgIpc) is 2.40. The second kappa shape index (κ2) is 5.93. The zero-order valence-corrected chi connectivity index (χ0v) is 10.5. The Morgan fingerprint density at radius 2 is 2.29 bits per heavy atom. The van der Waals surface area contributed by atoms with Gasteiger partial charge >= 0.3 is 0 Å². The summed E-state index contributed by atoms with van der Waals surface area (Å²) in [5.41, 5.74) is 0.906. The van der Waals surface area contributed by atoms with E-state index in [1.165, 1.54) is 12.8 Å². The molecular formula is C12H20N4O. The van der Waals surface area contributed by atoms with Crippen molar-refractivity contribution in [2.45, 2.75) is 25.4 Å². The summed E-state index contributed by atoms with van der Waals surface area (Å²) in [5.74, 6) is 0.628. The molecule has 94 valence electrons. The Bertz CT molecular complexity index is 352. The third-order valence-corrected chi connectivity index (χ3v) is 3.22. The number of nitrogens with one attached hydrogen (secondary N) is 1. The molecule has 17 heavy (non-hydrogen) atoms. The van der Waals surface area contributed by atoms with Crippen molar-refractivity contribution in [1.29, 1.82) is 0 Å². The van der Waals surface area contributed by atoms with Gasteiger partial charge in [0, 0.05) is 31.5 Å². The first-order chi connectivity index (χ1) is 8.31. The van der Waals surface area contributed by atoms with Gasteiger partial charge in [-0.3, -0.25) is 9.88 Å². The van der Waals surface area contributed by atoms with Crippen LogP contribution in [0.2, 0.25) is 0 Å². The van der Waals surface area contributed by atoms with Gasteiger partial charge in [-0.2, -0.15) is 0 Å². The zero-order valence-electron chi connectivity index (χ0n) is 10.5. The molecule has 0 saturated carbocycles. The smallest absolute Gasteiger partial charge is 0.236 e. The fourth-order valence-corrected chi connectivity index (χ4v) is 2.21. The van der Waals surface area contributed by atoms with Crippen molar-refractivity contribution in [2.24, 2.45) is 0 Å². The van der Waals surface area contributed by atoms with Crippen LogP contribution in [-0.4, -0.2) is 48.2 Å². The van der Waals surface area contributed by atoms with Gasteiger partial charge in [-0.25, -0.2) is 4.98 Å². The number of methoxy groups -OCH3 is 1. The lowest BCUT2D eigenvalue weighted by molar-refractivity contribution is 0.191. The summed E-state index contributed by atoms with van der Waals surface area (Å²) in [6, 6.07) is 0.579. The minimum absolute atomic E-state index is 0.579. The molecule has 0 radical (unpaired) electrons. The lowest BCUT2D eigenvalue weighted by Gasteiger charge is -2.31. The molecule has 1 atom stereocenters. The zero-order chi connectivity index (χ0) is 12.1. The summed E-state index contributed by atoms with van der Waals surface area (Å²) < 4.78 is 5.22. The van der Waals surface area contributed by atoms with E-state index in [9.17, 15) is 0 Å². The Balaban J connectivity index is 1.99. The summed E-state index contributed by atoms with van der Waals surface area (Å²) in [6.07, 6.45) is 5.86. The first-order valence-corrected chi connectivity index (χ1v) is 6.06. The van der Waals surface area contributed by atoms with Crippen molar-refractivity contribution in [2.75, 3.05) is 27.2 Å². The minimum Gasteiger partial charge on any atom is -0.480 e. The number of hydrogen-bond acceptors (Lipinski definition) is 5. The van der Waals surface area contributed by atoms with Crippen molar-refractivity contribution >= 4 is 0 Å². The quantitative estimate of drug-likeness (QED) is 0.832. The fourth-order valence-electron chi connectivity index (χ4n) is 2.21. The van der Waals surface area contributed by atoms with Gasteiger partial charge in [-0.15, -0.1) is 0 Å². The molecule has 1 aliphatic rings. The topological polar surface area (TPSA) is 50.3 Å². The fraction of sp³-hybridized carbons (Fsp3) is 0.667. The Morgan fingerprint density at radius 1 is 1.47 bits per heavy atom. The van der Waals surface area contributed by atoms with E-state index in [-0.39, 0.29) is 0 Å². The van der Waals surface area contributed by atoms with Crippen LogP contribution in [0.25, 0.3) is 0 Å². The average molecular weight is 236 g/mol. The van der Waals surface area contributed by atoms with E-state index in [1.807, 2.05) is 0 Å². The highest BCUT2D eigenvalue weighted by atomic mass is 16.5. The number of ether oxygens (including phenoxy) is 1. The molecule has 0 spiro atoms. The highest BCUT2D eigenvalue weighted by Gasteiger charge is 2.19. The Kier molecular flexibility index (Phi) is 4.28. The van der Waals surface area contributed by atoms with E-state index in [2.05, 4.69) is 27.2 Å². The van der Waals surface area contributed by atoms with Gasteiger partial charge in [0.25, 0.3) is 0 Å². The second-order valence-corrected chi connectivity index (χ2v) is 4.43. The van der Waals surface area contributed by atoms with Gasteiger partial charge in [0.1, 0.15) is 5.69 Å². The van der Waals surface area contributed by atoms with Crippen molar-refractivity contribution in [1.82, 2.24) is 20.2 Å². The predicted molar refractivity (Wildman–Crippen MR) is 65.9 cm³/mol. The number of likely N-dealkylation sites (N-methyl/N-ethyl adjacent to an activating group) is 1. The van der Waals surface area contributed by atoms with Crippen molar-refractivity contribution in [3.8, 4) is 5.88 Å². The summed E-state index contributed by atoms with van der Waals surface area (Å²) >= 11 is 0. The van der Waals surface area contributed by atoms with Gasteiger partial charge in [0.2, 0.25) is 5.88 Å².